The minimum atomic E-state index is -3.62. The van der Waals surface area contributed by atoms with E-state index in [1.54, 1.807) is 0 Å². The standard InChI is InChI=1S/C23H33N3O3S/c1-17-14-18(2)23(19(3)15-17)30(27,28)24-16-22(26-10-12-29-13-11-26)20-6-8-21(9-7-20)25(4)5/h6-9,14-15,22,24H,10-13,16H2,1-5H3/t22-/m0/s1. The molecule has 1 aliphatic rings. The fourth-order valence-electron chi connectivity index (χ4n) is 4.19. The van der Waals surface area contributed by atoms with Crippen LogP contribution in [0.5, 0.6) is 0 Å². The summed E-state index contributed by atoms with van der Waals surface area (Å²) in [6, 6.07) is 12.1. The van der Waals surface area contributed by atoms with Gasteiger partial charge in [0.05, 0.1) is 18.1 Å². The van der Waals surface area contributed by atoms with Crippen molar-refractivity contribution in [2.45, 2.75) is 31.7 Å². The van der Waals surface area contributed by atoms with E-state index >= 15 is 0 Å². The lowest BCUT2D eigenvalue weighted by Crippen LogP contribution is -2.44. The van der Waals surface area contributed by atoms with E-state index in [2.05, 4.69) is 38.8 Å². The Morgan fingerprint density at radius 1 is 1.03 bits per heavy atom. The molecule has 0 unspecified atom stereocenters. The van der Waals surface area contributed by atoms with Crippen LogP contribution in [0.3, 0.4) is 0 Å². The zero-order valence-electron chi connectivity index (χ0n) is 18.6. The van der Waals surface area contributed by atoms with Gasteiger partial charge in [-0.3, -0.25) is 4.90 Å². The molecule has 0 radical (unpaired) electrons. The van der Waals surface area contributed by atoms with Crippen molar-refractivity contribution in [3.63, 3.8) is 0 Å². The van der Waals surface area contributed by atoms with Gasteiger partial charge < -0.3 is 9.64 Å². The van der Waals surface area contributed by atoms with Crippen LogP contribution in [0.4, 0.5) is 5.69 Å². The highest BCUT2D eigenvalue weighted by atomic mass is 32.2. The minimum absolute atomic E-state index is 0.0500. The molecule has 1 aliphatic heterocycles. The SMILES string of the molecule is Cc1cc(C)c(S(=O)(=O)NC[C@@H](c2ccc(N(C)C)cc2)N2CCOCC2)c(C)c1. The minimum Gasteiger partial charge on any atom is -0.379 e. The maximum atomic E-state index is 13.2. The lowest BCUT2D eigenvalue weighted by Gasteiger charge is -2.35. The number of benzene rings is 2. The molecule has 1 N–H and O–H groups in total. The molecule has 3 rings (SSSR count). The number of sulfonamides is 1. The molecule has 0 spiro atoms. The number of anilines is 1. The molecule has 0 saturated carbocycles. The molecule has 1 heterocycles. The predicted molar refractivity (Wildman–Crippen MR) is 122 cm³/mol. The molecule has 0 aliphatic carbocycles. The Labute approximate surface area is 180 Å². The Hall–Kier alpha value is -1.93. The number of rotatable bonds is 7. The maximum absolute atomic E-state index is 13.2. The Morgan fingerprint density at radius 2 is 1.60 bits per heavy atom. The fraction of sp³-hybridized carbons (Fsp3) is 0.478. The highest BCUT2D eigenvalue weighted by Gasteiger charge is 2.26. The van der Waals surface area contributed by atoms with Crippen molar-refractivity contribution in [2.75, 3.05) is 51.8 Å². The van der Waals surface area contributed by atoms with Gasteiger partial charge >= 0.3 is 0 Å². The summed E-state index contributed by atoms with van der Waals surface area (Å²) in [6.45, 7) is 8.90. The molecule has 6 nitrogen and oxygen atoms in total. The van der Waals surface area contributed by atoms with Gasteiger partial charge in [-0.25, -0.2) is 13.1 Å². The number of nitrogens with zero attached hydrogens (tertiary/aromatic N) is 2. The molecule has 2 aromatic carbocycles. The first-order valence-corrected chi connectivity index (χ1v) is 11.8. The van der Waals surface area contributed by atoms with Crippen molar-refractivity contribution in [1.29, 1.82) is 0 Å². The third-order valence-electron chi connectivity index (χ3n) is 5.62. The number of ether oxygens (including phenoxy) is 1. The molecule has 1 atom stereocenters. The quantitative estimate of drug-likeness (QED) is 0.730. The summed E-state index contributed by atoms with van der Waals surface area (Å²) in [5, 5.41) is 0. The Kier molecular flexibility index (Phi) is 7.18. The van der Waals surface area contributed by atoms with Crippen molar-refractivity contribution >= 4 is 15.7 Å². The first-order chi connectivity index (χ1) is 14.2. The summed E-state index contributed by atoms with van der Waals surface area (Å²) in [7, 11) is 0.400. The molecule has 0 amide bonds. The number of hydrogen-bond donors (Lipinski definition) is 1. The second-order valence-electron chi connectivity index (χ2n) is 8.23. The maximum Gasteiger partial charge on any atom is 0.241 e. The van der Waals surface area contributed by atoms with Crippen molar-refractivity contribution < 1.29 is 13.2 Å². The molecule has 1 fully saturated rings. The van der Waals surface area contributed by atoms with Crippen molar-refractivity contribution in [3.05, 3.63) is 58.7 Å². The summed E-state index contributed by atoms with van der Waals surface area (Å²) < 4.78 is 34.8. The van der Waals surface area contributed by atoms with Crippen LogP contribution in [0.25, 0.3) is 0 Å². The molecule has 2 aromatic rings. The smallest absolute Gasteiger partial charge is 0.241 e. The molecule has 1 saturated heterocycles. The second-order valence-corrected chi connectivity index (χ2v) is 9.93. The van der Waals surface area contributed by atoms with Crippen LogP contribution < -0.4 is 9.62 Å². The fourth-order valence-corrected chi connectivity index (χ4v) is 5.68. The second kappa shape index (κ2) is 9.47. The predicted octanol–water partition coefficient (Wildman–Crippen LogP) is 3.03. The summed E-state index contributed by atoms with van der Waals surface area (Å²) >= 11 is 0. The lowest BCUT2D eigenvalue weighted by atomic mass is 10.0. The molecule has 0 aromatic heterocycles. The van der Waals surface area contributed by atoms with E-state index in [4.69, 9.17) is 4.74 Å². The molecule has 164 valence electrons. The highest BCUT2D eigenvalue weighted by Crippen LogP contribution is 2.26. The molecular weight excluding hydrogens is 398 g/mol. The van der Waals surface area contributed by atoms with E-state index < -0.39 is 10.0 Å². The molecule has 0 bridgehead atoms. The van der Waals surface area contributed by atoms with E-state index in [9.17, 15) is 8.42 Å². The summed E-state index contributed by atoms with van der Waals surface area (Å²) in [5.74, 6) is 0. The van der Waals surface area contributed by atoms with Gasteiger partial charge in [0.2, 0.25) is 10.0 Å². The van der Waals surface area contributed by atoms with E-state index in [0.29, 0.717) is 24.7 Å². The number of hydrogen-bond acceptors (Lipinski definition) is 5. The highest BCUT2D eigenvalue weighted by molar-refractivity contribution is 7.89. The van der Waals surface area contributed by atoms with E-state index in [-0.39, 0.29) is 6.04 Å². The van der Waals surface area contributed by atoms with Crippen molar-refractivity contribution in [1.82, 2.24) is 9.62 Å². The zero-order chi connectivity index (χ0) is 21.9. The van der Waals surface area contributed by atoms with Crippen molar-refractivity contribution in [2.24, 2.45) is 0 Å². The van der Waals surface area contributed by atoms with Crippen LogP contribution in [0, 0.1) is 20.8 Å². The average Bonchev–Trinajstić information content (AvgIpc) is 2.68. The normalized spacial score (nSPS) is 16.4. The van der Waals surface area contributed by atoms with Gasteiger partial charge in [-0.1, -0.05) is 29.8 Å². The van der Waals surface area contributed by atoms with Gasteiger partial charge in [-0.2, -0.15) is 0 Å². The summed E-state index contributed by atoms with van der Waals surface area (Å²) in [6.07, 6.45) is 0. The Bertz CT molecular complexity index is 943. The lowest BCUT2D eigenvalue weighted by molar-refractivity contribution is 0.0172. The molecule has 7 heteroatoms. The largest absolute Gasteiger partial charge is 0.379 e. The van der Waals surface area contributed by atoms with Crippen LogP contribution in [0.1, 0.15) is 28.3 Å². The number of morpholine rings is 1. The van der Waals surface area contributed by atoms with Gasteiger partial charge in [-0.15, -0.1) is 0 Å². The van der Waals surface area contributed by atoms with E-state index in [1.165, 1.54) is 0 Å². The van der Waals surface area contributed by atoms with Gasteiger partial charge in [0.1, 0.15) is 0 Å². The summed E-state index contributed by atoms with van der Waals surface area (Å²) in [4.78, 5) is 4.74. The van der Waals surface area contributed by atoms with E-state index in [1.807, 2.05) is 47.0 Å². The third-order valence-corrected chi connectivity index (χ3v) is 7.35. The van der Waals surface area contributed by atoms with E-state index in [0.717, 1.165) is 41.0 Å². The first-order valence-electron chi connectivity index (χ1n) is 10.4. The van der Waals surface area contributed by atoms with Crippen LogP contribution >= 0.6 is 0 Å². The van der Waals surface area contributed by atoms with Crippen LogP contribution in [-0.2, 0) is 14.8 Å². The van der Waals surface area contributed by atoms with Gasteiger partial charge in [0, 0.05) is 45.5 Å². The van der Waals surface area contributed by atoms with Gasteiger partial charge in [-0.05, 0) is 49.6 Å². The number of nitrogens with one attached hydrogen (secondary N) is 1. The molecule has 30 heavy (non-hydrogen) atoms. The first kappa shape index (κ1) is 22.7. The number of aryl methyl sites for hydroxylation is 3. The summed E-state index contributed by atoms with van der Waals surface area (Å²) in [5.41, 5.74) is 4.83. The van der Waals surface area contributed by atoms with Crippen LogP contribution in [-0.4, -0.2) is 60.3 Å². The topological polar surface area (TPSA) is 61.9 Å². The average molecular weight is 432 g/mol. The van der Waals surface area contributed by atoms with Crippen LogP contribution in [0.2, 0.25) is 0 Å². The van der Waals surface area contributed by atoms with Crippen LogP contribution in [0.15, 0.2) is 41.3 Å². The Balaban J connectivity index is 1.86. The van der Waals surface area contributed by atoms with Crippen molar-refractivity contribution in [3.8, 4) is 0 Å². The molecular formula is C23H33N3O3S. The zero-order valence-corrected chi connectivity index (χ0v) is 19.4. The third kappa shape index (κ3) is 5.21. The monoisotopic (exact) mass is 431 g/mol. The Morgan fingerprint density at radius 3 is 2.13 bits per heavy atom. The van der Waals surface area contributed by atoms with Gasteiger partial charge in [0.25, 0.3) is 0 Å². The van der Waals surface area contributed by atoms with Gasteiger partial charge in [0.15, 0.2) is 0 Å².